The van der Waals surface area contributed by atoms with E-state index in [4.69, 9.17) is 16.0 Å². The zero-order chi connectivity index (χ0) is 22.5. The number of thioether (sulfide) groups is 1. The molecule has 0 fully saturated rings. The number of fused-ring (bicyclic) bond motifs is 2. The molecule has 0 amide bonds. The van der Waals surface area contributed by atoms with E-state index in [9.17, 15) is 18.0 Å². The summed E-state index contributed by atoms with van der Waals surface area (Å²) in [6.07, 6.45) is -3.63. The van der Waals surface area contributed by atoms with E-state index in [0.29, 0.717) is 11.1 Å². The van der Waals surface area contributed by atoms with Crippen molar-refractivity contribution in [2.45, 2.75) is 43.8 Å². The maximum absolute atomic E-state index is 13.2. The second-order valence-corrected chi connectivity index (χ2v) is 8.84. The maximum Gasteiger partial charge on any atom is 0.417 e. The quantitative estimate of drug-likeness (QED) is 0.263. The number of aryl methyl sites for hydroxylation is 1. The summed E-state index contributed by atoms with van der Waals surface area (Å²) in [6.45, 7) is 6.11. The highest BCUT2D eigenvalue weighted by Crippen LogP contribution is 2.34. The monoisotopic (exact) mass is 467 g/mol. The molecular formula is C21H17ClF3N3O2S. The van der Waals surface area contributed by atoms with Gasteiger partial charge in [0.2, 0.25) is 0 Å². The molecule has 3 heterocycles. The number of pyridine rings is 1. The Hall–Kier alpha value is -2.52. The summed E-state index contributed by atoms with van der Waals surface area (Å²) in [5.74, 6) is 0.567. The van der Waals surface area contributed by atoms with Gasteiger partial charge in [0.15, 0.2) is 10.8 Å². The van der Waals surface area contributed by atoms with E-state index in [1.165, 1.54) is 10.5 Å². The fourth-order valence-electron chi connectivity index (χ4n) is 3.46. The van der Waals surface area contributed by atoms with E-state index in [1.807, 2.05) is 19.1 Å². The average molecular weight is 468 g/mol. The van der Waals surface area contributed by atoms with Gasteiger partial charge in [0.25, 0.3) is 0 Å². The van der Waals surface area contributed by atoms with Crippen LogP contribution in [0.4, 0.5) is 13.2 Å². The molecule has 0 N–H and O–H groups in total. The first kappa shape index (κ1) is 21.7. The Morgan fingerprint density at radius 3 is 2.61 bits per heavy atom. The average Bonchev–Trinajstić information content (AvgIpc) is 3.08. The first-order valence-corrected chi connectivity index (χ1v) is 10.7. The lowest BCUT2D eigenvalue weighted by Gasteiger charge is -2.13. The second kappa shape index (κ2) is 7.87. The van der Waals surface area contributed by atoms with Gasteiger partial charge in [0, 0.05) is 23.4 Å². The van der Waals surface area contributed by atoms with Gasteiger partial charge in [0.1, 0.15) is 5.58 Å². The lowest BCUT2D eigenvalue weighted by molar-refractivity contribution is -0.137. The molecule has 4 rings (SSSR count). The van der Waals surface area contributed by atoms with Crippen molar-refractivity contribution in [1.29, 1.82) is 0 Å². The molecule has 0 bridgehead atoms. The number of alkyl halides is 3. The van der Waals surface area contributed by atoms with Gasteiger partial charge in [-0.3, -0.25) is 4.40 Å². The fourth-order valence-corrected chi connectivity index (χ4v) is 4.61. The van der Waals surface area contributed by atoms with Gasteiger partial charge in [-0.05, 0) is 47.7 Å². The normalized spacial score (nSPS) is 12.4. The van der Waals surface area contributed by atoms with Crippen LogP contribution in [0.2, 0.25) is 5.02 Å². The summed E-state index contributed by atoms with van der Waals surface area (Å²) in [7, 11) is 0. The minimum absolute atomic E-state index is 0.132. The van der Waals surface area contributed by atoms with Gasteiger partial charge in [-0.2, -0.15) is 13.2 Å². The predicted molar refractivity (Wildman–Crippen MR) is 114 cm³/mol. The maximum atomic E-state index is 13.2. The van der Waals surface area contributed by atoms with Gasteiger partial charge < -0.3 is 4.42 Å². The number of hydrogen-bond acceptors (Lipinski definition) is 5. The smallest absolute Gasteiger partial charge is 0.417 e. The number of nitrogens with zero attached hydrogens (tertiary/aromatic N) is 3. The third-order valence-corrected chi connectivity index (χ3v) is 6.22. The third-order valence-electron chi connectivity index (χ3n) is 4.95. The van der Waals surface area contributed by atoms with E-state index < -0.39 is 17.4 Å². The number of halogens is 4. The summed E-state index contributed by atoms with van der Waals surface area (Å²) in [6, 6.07) is 6.05. The molecular weight excluding hydrogens is 451 g/mol. The molecule has 4 aromatic rings. The molecule has 0 aliphatic rings. The number of aromatic nitrogens is 3. The zero-order valence-corrected chi connectivity index (χ0v) is 18.3. The van der Waals surface area contributed by atoms with Crippen molar-refractivity contribution in [1.82, 2.24) is 14.6 Å². The molecule has 0 aliphatic heterocycles. The largest absolute Gasteiger partial charge is 0.423 e. The molecule has 0 saturated heterocycles. The highest BCUT2D eigenvalue weighted by Gasteiger charge is 2.32. The Morgan fingerprint density at radius 2 is 1.94 bits per heavy atom. The molecule has 0 unspecified atom stereocenters. The second-order valence-electron chi connectivity index (χ2n) is 7.49. The standard InChI is InChI=1S/C21H17ClF3N3O2S/c1-10(2)14-7-15-12(5-18(29)30-17(15)4-11(14)3)9-31-20-27-26-19-16(22)6-13(8-28(19)20)21(23,24)25/h4-8,10H,9H2,1-3H3. The predicted octanol–water partition coefficient (Wildman–Crippen LogP) is 6.23. The van der Waals surface area contributed by atoms with Crippen LogP contribution >= 0.6 is 23.4 Å². The molecule has 0 saturated carbocycles. The third kappa shape index (κ3) is 4.16. The van der Waals surface area contributed by atoms with Crippen molar-refractivity contribution in [2.24, 2.45) is 0 Å². The molecule has 31 heavy (non-hydrogen) atoms. The molecule has 0 aliphatic carbocycles. The van der Waals surface area contributed by atoms with E-state index in [0.717, 1.165) is 40.5 Å². The van der Waals surface area contributed by atoms with Crippen molar-refractivity contribution >= 4 is 40.0 Å². The van der Waals surface area contributed by atoms with Gasteiger partial charge >= 0.3 is 11.8 Å². The minimum Gasteiger partial charge on any atom is -0.423 e. The summed E-state index contributed by atoms with van der Waals surface area (Å²) in [4.78, 5) is 12.1. The van der Waals surface area contributed by atoms with E-state index in [-0.39, 0.29) is 27.5 Å². The van der Waals surface area contributed by atoms with Crippen LogP contribution in [0.25, 0.3) is 16.6 Å². The Balaban J connectivity index is 1.76. The lowest BCUT2D eigenvalue weighted by atomic mass is 9.95. The summed E-state index contributed by atoms with van der Waals surface area (Å²) < 4.78 is 46.1. The number of rotatable bonds is 4. The molecule has 162 valence electrons. The van der Waals surface area contributed by atoms with Crippen LogP contribution in [0.3, 0.4) is 0 Å². The summed E-state index contributed by atoms with van der Waals surface area (Å²) in [5, 5.41) is 8.75. The van der Waals surface area contributed by atoms with Crippen LogP contribution in [0, 0.1) is 6.92 Å². The van der Waals surface area contributed by atoms with Gasteiger partial charge in [-0.1, -0.05) is 37.2 Å². The summed E-state index contributed by atoms with van der Waals surface area (Å²) in [5.41, 5.74) is 2.07. The van der Waals surface area contributed by atoms with Crippen LogP contribution in [0.5, 0.6) is 0 Å². The van der Waals surface area contributed by atoms with E-state index in [1.54, 1.807) is 0 Å². The molecule has 10 heteroatoms. The Kier molecular flexibility index (Phi) is 5.51. The van der Waals surface area contributed by atoms with Crippen molar-refractivity contribution < 1.29 is 17.6 Å². The minimum atomic E-state index is -4.55. The first-order valence-electron chi connectivity index (χ1n) is 9.36. The Labute approximate surface area is 184 Å². The van der Waals surface area contributed by atoms with Crippen LogP contribution in [-0.4, -0.2) is 14.6 Å². The van der Waals surface area contributed by atoms with Crippen LogP contribution in [0.15, 0.2) is 44.8 Å². The molecule has 3 aromatic heterocycles. The number of benzene rings is 1. The Bertz CT molecular complexity index is 1360. The molecule has 5 nitrogen and oxygen atoms in total. The molecule has 0 spiro atoms. The van der Waals surface area contributed by atoms with Crippen molar-refractivity contribution in [2.75, 3.05) is 0 Å². The highest BCUT2D eigenvalue weighted by molar-refractivity contribution is 7.98. The lowest BCUT2D eigenvalue weighted by Crippen LogP contribution is -2.07. The summed E-state index contributed by atoms with van der Waals surface area (Å²) >= 11 is 7.14. The van der Waals surface area contributed by atoms with Crippen molar-refractivity contribution in [3.05, 3.63) is 68.2 Å². The molecule has 0 radical (unpaired) electrons. The SMILES string of the molecule is Cc1cc2oc(=O)cc(CSc3nnc4c(Cl)cc(C(F)(F)F)cn34)c2cc1C(C)C. The Morgan fingerprint density at radius 1 is 1.19 bits per heavy atom. The molecule has 0 atom stereocenters. The van der Waals surface area contributed by atoms with Crippen LogP contribution in [0.1, 0.15) is 42.0 Å². The van der Waals surface area contributed by atoms with Crippen LogP contribution < -0.4 is 5.63 Å². The zero-order valence-electron chi connectivity index (χ0n) is 16.7. The van der Waals surface area contributed by atoms with Crippen LogP contribution in [-0.2, 0) is 11.9 Å². The number of hydrogen-bond donors (Lipinski definition) is 0. The molecule has 1 aromatic carbocycles. The van der Waals surface area contributed by atoms with Crippen molar-refractivity contribution in [3.63, 3.8) is 0 Å². The van der Waals surface area contributed by atoms with Gasteiger partial charge in [-0.25, -0.2) is 4.79 Å². The van der Waals surface area contributed by atoms with E-state index >= 15 is 0 Å². The fraction of sp³-hybridized carbons (Fsp3) is 0.286. The highest BCUT2D eigenvalue weighted by atomic mass is 35.5. The van der Waals surface area contributed by atoms with Gasteiger partial charge in [0.05, 0.1) is 10.6 Å². The first-order chi connectivity index (χ1) is 14.5. The van der Waals surface area contributed by atoms with E-state index in [2.05, 4.69) is 24.0 Å². The van der Waals surface area contributed by atoms with Gasteiger partial charge in [-0.15, -0.1) is 10.2 Å². The van der Waals surface area contributed by atoms with Crippen molar-refractivity contribution in [3.8, 4) is 0 Å². The topological polar surface area (TPSA) is 60.4 Å².